The van der Waals surface area contributed by atoms with Crippen molar-refractivity contribution in [1.29, 1.82) is 0 Å². The van der Waals surface area contributed by atoms with Gasteiger partial charge in [0.15, 0.2) is 0 Å². The van der Waals surface area contributed by atoms with Crippen molar-refractivity contribution in [1.82, 2.24) is 10.2 Å². The molecule has 2 aliphatic rings. The zero-order chi connectivity index (χ0) is 14.8. The minimum atomic E-state index is -0.913. The van der Waals surface area contributed by atoms with Crippen molar-refractivity contribution in [3.05, 3.63) is 0 Å². The van der Waals surface area contributed by atoms with E-state index in [4.69, 9.17) is 4.74 Å². The van der Waals surface area contributed by atoms with Gasteiger partial charge in [-0.25, -0.2) is 9.59 Å². The van der Waals surface area contributed by atoms with Gasteiger partial charge >= 0.3 is 12.0 Å². The molecule has 0 aromatic heterocycles. The SMILES string of the molecule is CC1CCCN(C(=O)NC2(C)CCOCC2)C1C(=O)O. The Morgan fingerprint density at radius 2 is 2.00 bits per heavy atom. The molecule has 0 aromatic carbocycles. The summed E-state index contributed by atoms with van der Waals surface area (Å²) in [6, 6.07) is -0.972. The number of aliphatic carboxylic acids is 1. The minimum Gasteiger partial charge on any atom is -0.480 e. The number of ether oxygens (including phenoxy) is 1. The van der Waals surface area contributed by atoms with Crippen LogP contribution in [0.5, 0.6) is 0 Å². The molecule has 0 aromatic rings. The van der Waals surface area contributed by atoms with Crippen LogP contribution in [0.2, 0.25) is 0 Å². The van der Waals surface area contributed by atoms with Crippen molar-refractivity contribution >= 4 is 12.0 Å². The predicted octanol–water partition coefficient (Wildman–Crippen LogP) is 1.45. The summed E-state index contributed by atoms with van der Waals surface area (Å²) in [5.41, 5.74) is -0.293. The molecule has 2 heterocycles. The van der Waals surface area contributed by atoms with Gasteiger partial charge in [-0.05, 0) is 38.5 Å². The van der Waals surface area contributed by atoms with E-state index in [9.17, 15) is 14.7 Å². The maximum Gasteiger partial charge on any atom is 0.326 e. The van der Waals surface area contributed by atoms with Gasteiger partial charge in [-0.2, -0.15) is 0 Å². The Labute approximate surface area is 119 Å². The summed E-state index contributed by atoms with van der Waals surface area (Å²) in [6.45, 7) is 5.68. The van der Waals surface area contributed by atoms with Gasteiger partial charge in [0.1, 0.15) is 6.04 Å². The highest BCUT2D eigenvalue weighted by atomic mass is 16.5. The van der Waals surface area contributed by atoms with Crippen LogP contribution < -0.4 is 5.32 Å². The lowest BCUT2D eigenvalue weighted by Crippen LogP contribution is -2.60. The number of likely N-dealkylation sites (tertiary alicyclic amines) is 1. The van der Waals surface area contributed by atoms with E-state index in [-0.39, 0.29) is 17.5 Å². The molecule has 2 atom stereocenters. The Hall–Kier alpha value is -1.30. The lowest BCUT2D eigenvalue weighted by atomic mass is 9.90. The van der Waals surface area contributed by atoms with Crippen molar-refractivity contribution in [3.8, 4) is 0 Å². The van der Waals surface area contributed by atoms with Gasteiger partial charge < -0.3 is 20.1 Å². The van der Waals surface area contributed by atoms with Crippen LogP contribution in [0.25, 0.3) is 0 Å². The first kappa shape index (κ1) is 15.1. The third kappa shape index (κ3) is 3.23. The summed E-state index contributed by atoms with van der Waals surface area (Å²) < 4.78 is 5.31. The van der Waals surface area contributed by atoms with Gasteiger partial charge in [0.25, 0.3) is 0 Å². The van der Waals surface area contributed by atoms with Crippen molar-refractivity contribution in [2.24, 2.45) is 5.92 Å². The maximum atomic E-state index is 12.4. The lowest BCUT2D eigenvalue weighted by molar-refractivity contribution is -0.145. The smallest absolute Gasteiger partial charge is 0.326 e. The fraction of sp³-hybridized carbons (Fsp3) is 0.857. The summed E-state index contributed by atoms with van der Waals surface area (Å²) in [6.07, 6.45) is 3.24. The highest BCUT2D eigenvalue weighted by Crippen LogP contribution is 2.25. The van der Waals surface area contributed by atoms with Crippen LogP contribution >= 0.6 is 0 Å². The van der Waals surface area contributed by atoms with E-state index in [2.05, 4.69) is 5.32 Å². The Bertz CT molecular complexity index is 379. The van der Waals surface area contributed by atoms with E-state index < -0.39 is 12.0 Å². The van der Waals surface area contributed by atoms with Crippen molar-refractivity contribution in [3.63, 3.8) is 0 Å². The van der Waals surface area contributed by atoms with Gasteiger partial charge in [-0.15, -0.1) is 0 Å². The number of nitrogens with zero attached hydrogens (tertiary/aromatic N) is 1. The molecule has 2 aliphatic heterocycles. The number of piperidine rings is 1. The topological polar surface area (TPSA) is 78.9 Å². The summed E-state index contributed by atoms with van der Waals surface area (Å²) in [7, 11) is 0. The van der Waals surface area contributed by atoms with Crippen LogP contribution in [0.1, 0.15) is 39.5 Å². The number of rotatable bonds is 2. The number of hydrogen-bond donors (Lipinski definition) is 2. The Kier molecular flexibility index (Phi) is 4.52. The van der Waals surface area contributed by atoms with E-state index in [0.717, 1.165) is 25.7 Å². The average Bonchev–Trinajstić information content (AvgIpc) is 2.38. The zero-order valence-corrected chi connectivity index (χ0v) is 12.2. The second kappa shape index (κ2) is 5.99. The zero-order valence-electron chi connectivity index (χ0n) is 12.2. The highest BCUT2D eigenvalue weighted by molar-refractivity contribution is 5.83. The third-order valence-electron chi connectivity index (χ3n) is 4.45. The van der Waals surface area contributed by atoms with Crippen LogP contribution in [0.4, 0.5) is 4.79 Å². The molecule has 2 rings (SSSR count). The normalized spacial score (nSPS) is 29.8. The fourth-order valence-corrected chi connectivity index (χ4v) is 3.07. The third-order valence-corrected chi connectivity index (χ3v) is 4.45. The molecule has 0 radical (unpaired) electrons. The Morgan fingerprint density at radius 3 is 2.60 bits per heavy atom. The number of carbonyl (C=O) groups excluding carboxylic acids is 1. The standard InChI is InChI=1S/C14H24N2O4/c1-10-4-3-7-16(11(10)12(17)18)13(19)15-14(2)5-8-20-9-6-14/h10-11H,3-9H2,1-2H3,(H,15,19)(H,17,18). The van der Waals surface area contributed by atoms with Crippen molar-refractivity contribution in [2.75, 3.05) is 19.8 Å². The van der Waals surface area contributed by atoms with Gasteiger partial charge in [0.05, 0.1) is 0 Å². The predicted molar refractivity (Wildman–Crippen MR) is 73.5 cm³/mol. The van der Waals surface area contributed by atoms with Crippen LogP contribution in [0.3, 0.4) is 0 Å². The first-order valence-electron chi connectivity index (χ1n) is 7.32. The molecule has 2 amide bonds. The summed E-state index contributed by atoms with van der Waals surface area (Å²) in [4.78, 5) is 25.3. The number of nitrogens with one attached hydrogen (secondary N) is 1. The van der Waals surface area contributed by atoms with E-state index in [0.29, 0.717) is 19.8 Å². The minimum absolute atomic E-state index is 0.00510. The second-order valence-electron chi connectivity index (χ2n) is 6.20. The molecule has 2 fully saturated rings. The Morgan fingerprint density at radius 1 is 1.35 bits per heavy atom. The van der Waals surface area contributed by atoms with Gasteiger partial charge in [0.2, 0.25) is 0 Å². The van der Waals surface area contributed by atoms with Gasteiger partial charge in [-0.3, -0.25) is 0 Å². The quantitative estimate of drug-likeness (QED) is 0.804. The number of carboxylic acids is 1. The lowest BCUT2D eigenvalue weighted by Gasteiger charge is -2.41. The van der Waals surface area contributed by atoms with E-state index in [1.54, 1.807) is 0 Å². The van der Waals surface area contributed by atoms with Crippen LogP contribution in [0, 0.1) is 5.92 Å². The molecular weight excluding hydrogens is 260 g/mol. The van der Waals surface area contributed by atoms with Crippen molar-refractivity contribution < 1.29 is 19.4 Å². The second-order valence-corrected chi connectivity index (χ2v) is 6.20. The highest BCUT2D eigenvalue weighted by Gasteiger charge is 2.39. The van der Waals surface area contributed by atoms with Crippen LogP contribution in [-0.4, -0.2) is 53.3 Å². The van der Waals surface area contributed by atoms with E-state index >= 15 is 0 Å². The summed E-state index contributed by atoms with van der Waals surface area (Å²) in [5, 5.41) is 12.4. The van der Waals surface area contributed by atoms with Gasteiger partial charge in [-0.1, -0.05) is 6.92 Å². The number of amides is 2. The number of hydrogen-bond acceptors (Lipinski definition) is 3. The maximum absolute atomic E-state index is 12.4. The molecule has 0 saturated carbocycles. The molecule has 2 unspecified atom stereocenters. The average molecular weight is 284 g/mol. The Balaban J connectivity index is 2.04. The fourth-order valence-electron chi connectivity index (χ4n) is 3.07. The molecule has 20 heavy (non-hydrogen) atoms. The largest absolute Gasteiger partial charge is 0.480 e. The molecule has 6 heteroatoms. The molecule has 114 valence electrons. The summed E-state index contributed by atoms with van der Waals surface area (Å²) >= 11 is 0. The van der Waals surface area contributed by atoms with Crippen molar-refractivity contribution in [2.45, 2.75) is 51.1 Å². The summed E-state index contributed by atoms with van der Waals surface area (Å²) in [5.74, 6) is -0.918. The first-order chi connectivity index (χ1) is 9.43. The van der Waals surface area contributed by atoms with Crippen LogP contribution in [-0.2, 0) is 9.53 Å². The van der Waals surface area contributed by atoms with Gasteiger partial charge in [0, 0.05) is 25.3 Å². The van der Waals surface area contributed by atoms with E-state index in [1.165, 1.54) is 4.90 Å². The molecule has 6 nitrogen and oxygen atoms in total. The molecule has 0 bridgehead atoms. The molecule has 2 saturated heterocycles. The number of urea groups is 1. The monoisotopic (exact) mass is 284 g/mol. The molecule has 0 aliphatic carbocycles. The van der Waals surface area contributed by atoms with E-state index in [1.807, 2.05) is 13.8 Å². The molecule has 0 spiro atoms. The number of carbonyl (C=O) groups is 2. The first-order valence-corrected chi connectivity index (χ1v) is 7.32. The molecule has 2 N–H and O–H groups in total. The number of carboxylic acid groups (broad SMARTS) is 1. The van der Waals surface area contributed by atoms with Crippen LogP contribution in [0.15, 0.2) is 0 Å². The molecular formula is C14H24N2O4.